The molecule has 10 heteroatoms. The lowest BCUT2D eigenvalue weighted by Gasteiger charge is -2.34. The quantitative estimate of drug-likeness (QED) is 0.516. The van der Waals surface area contributed by atoms with Crippen molar-refractivity contribution in [3.05, 3.63) is 23.3 Å². The summed E-state index contributed by atoms with van der Waals surface area (Å²) in [6.07, 6.45) is 1.87. The monoisotopic (exact) mass is 486 g/mol. The Bertz CT molecular complexity index is 887. The predicted molar refractivity (Wildman–Crippen MR) is 126 cm³/mol. The number of hydrogen-bond donors (Lipinski definition) is 3. The molecule has 5 atom stereocenters. The first-order chi connectivity index (χ1) is 15.6. The van der Waals surface area contributed by atoms with Crippen molar-refractivity contribution in [2.24, 2.45) is 10.9 Å². The summed E-state index contributed by atoms with van der Waals surface area (Å²) in [5.41, 5.74) is 1.86. The number of imidazole rings is 1. The van der Waals surface area contributed by atoms with Crippen LogP contribution >= 0.6 is 11.6 Å². The molecule has 0 bridgehead atoms. The van der Waals surface area contributed by atoms with Gasteiger partial charge < -0.3 is 20.5 Å². The third-order valence-corrected chi connectivity index (χ3v) is 7.07. The molecule has 4 rings (SSSR count). The molecule has 1 aromatic heterocycles. The van der Waals surface area contributed by atoms with Crippen LogP contribution in [0.1, 0.15) is 76.2 Å². The van der Waals surface area contributed by atoms with E-state index in [2.05, 4.69) is 52.4 Å². The third kappa shape index (κ3) is 5.67. The first-order valence-electron chi connectivity index (χ1n) is 11.9. The molecule has 2 aliphatic heterocycles. The molecular formula is C23H34ClF3N6. The maximum atomic E-state index is 13.5. The average molecular weight is 487 g/mol. The summed E-state index contributed by atoms with van der Waals surface area (Å²) in [5.74, 6) is 0.246. The molecule has 0 aromatic carbocycles. The van der Waals surface area contributed by atoms with Crippen LogP contribution < -0.4 is 16.0 Å². The molecular weight excluding hydrogens is 453 g/mol. The summed E-state index contributed by atoms with van der Waals surface area (Å²) < 4.78 is 42.6. The lowest BCUT2D eigenvalue weighted by atomic mass is 9.85. The van der Waals surface area contributed by atoms with Crippen molar-refractivity contribution in [3.63, 3.8) is 0 Å². The van der Waals surface area contributed by atoms with Crippen molar-refractivity contribution in [1.82, 2.24) is 20.2 Å². The van der Waals surface area contributed by atoms with Gasteiger partial charge >= 0.3 is 6.18 Å². The molecule has 1 saturated carbocycles. The summed E-state index contributed by atoms with van der Waals surface area (Å²) in [5, 5.41) is 9.61. The number of hydrogen-bond acceptors (Lipinski definition) is 5. The van der Waals surface area contributed by atoms with Crippen LogP contribution in [0.5, 0.6) is 0 Å². The third-order valence-electron chi connectivity index (χ3n) is 6.72. The van der Waals surface area contributed by atoms with Gasteiger partial charge in [0, 0.05) is 29.9 Å². The van der Waals surface area contributed by atoms with E-state index in [1.165, 1.54) is 0 Å². The van der Waals surface area contributed by atoms with Gasteiger partial charge in [-0.2, -0.15) is 13.2 Å². The maximum Gasteiger partial charge on any atom is 0.391 e. The number of aliphatic imine (C=N–C) groups is 1. The Hall–Kier alpha value is -1.74. The highest BCUT2D eigenvalue weighted by atomic mass is 35.5. The molecule has 1 aliphatic carbocycles. The Morgan fingerprint density at radius 2 is 2.03 bits per heavy atom. The second-order valence-electron chi connectivity index (χ2n) is 9.89. The number of anilines is 1. The van der Waals surface area contributed by atoms with E-state index in [1.54, 1.807) is 6.21 Å². The highest BCUT2D eigenvalue weighted by molar-refractivity contribution is 6.20. The van der Waals surface area contributed by atoms with Crippen molar-refractivity contribution in [1.29, 1.82) is 0 Å². The highest BCUT2D eigenvalue weighted by Gasteiger charge is 2.45. The predicted octanol–water partition coefficient (Wildman–Crippen LogP) is 4.93. The molecule has 0 spiro atoms. The van der Waals surface area contributed by atoms with E-state index in [1.807, 2.05) is 0 Å². The number of rotatable bonds is 5. The summed E-state index contributed by atoms with van der Waals surface area (Å²) >= 11 is 6.26. The number of allylic oxidation sites excluding steroid dienone is 1. The number of aromatic nitrogens is 2. The second kappa shape index (κ2) is 9.86. The van der Waals surface area contributed by atoms with Gasteiger partial charge in [-0.3, -0.25) is 0 Å². The number of fused-ring (bicyclic) bond motifs is 1. The molecule has 1 aromatic rings. The molecule has 6 nitrogen and oxygen atoms in total. The molecule has 33 heavy (non-hydrogen) atoms. The second-order valence-corrected chi connectivity index (χ2v) is 10.5. The van der Waals surface area contributed by atoms with Crippen LogP contribution in [0, 0.1) is 5.92 Å². The smallest absolute Gasteiger partial charge is 0.368 e. The Labute approximate surface area is 198 Å². The molecule has 3 heterocycles. The number of nitrogens with one attached hydrogen (secondary N) is 3. The van der Waals surface area contributed by atoms with Crippen molar-refractivity contribution < 1.29 is 13.2 Å². The Morgan fingerprint density at radius 1 is 1.24 bits per heavy atom. The van der Waals surface area contributed by atoms with E-state index < -0.39 is 17.5 Å². The van der Waals surface area contributed by atoms with Gasteiger partial charge in [0.1, 0.15) is 11.5 Å². The van der Waals surface area contributed by atoms with Crippen molar-refractivity contribution >= 4 is 23.8 Å². The Balaban J connectivity index is 1.66. The van der Waals surface area contributed by atoms with Crippen LogP contribution in [0.4, 0.5) is 19.1 Å². The Kier molecular flexibility index (Phi) is 7.29. The molecule has 0 amide bonds. The van der Waals surface area contributed by atoms with Gasteiger partial charge in [-0.05, 0) is 58.6 Å². The van der Waals surface area contributed by atoms with Crippen LogP contribution in [0.2, 0.25) is 0 Å². The zero-order valence-electron chi connectivity index (χ0n) is 19.4. The molecule has 5 unspecified atom stereocenters. The summed E-state index contributed by atoms with van der Waals surface area (Å²) in [4.78, 5) is 9.48. The van der Waals surface area contributed by atoms with Crippen molar-refractivity contribution in [2.75, 3.05) is 18.4 Å². The number of alkyl halides is 4. The summed E-state index contributed by atoms with van der Waals surface area (Å²) in [6, 6.07) is 0.0844. The Morgan fingerprint density at radius 3 is 2.70 bits per heavy atom. The minimum Gasteiger partial charge on any atom is -0.368 e. The van der Waals surface area contributed by atoms with E-state index in [0.29, 0.717) is 12.4 Å². The summed E-state index contributed by atoms with van der Waals surface area (Å²) in [7, 11) is 0. The average Bonchev–Trinajstić information content (AvgIpc) is 3.35. The maximum absolute atomic E-state index is 13.5. The normalized spacial score (nSPS) is 30.5. The number of halogens is 4. The minimum atomic E-state index is -4.24. The zero-order valence-corrected chi connectivity index (χ0v) is 20.2. The minimum absolute atomic E-state index is 0.0147. The fourth-order valence-electron chi connectivity index (χ4n) is 5.17. The van der Waals surface area contributed by atoms with Crippen molar-refractivity contribution in [2.45, 2.75) is 88.5 Å². The first-order valence-corrected chi connectivity index (χ1v) is 12.4. The van der Waals surface area contributed by atoms with E-state index in [9.17, 15) is 13.2 Å². The van der Waals surface area contributed by atoms with Crippen LogP contribution in [-0.4, -0.2) is 52.5 Å². The first kappa shape index (κ1) is 24.4. The van der Waals surface area contributed by atoms with Crippen LogP contribution in [-0.2, 0) is 0 Å². The van der Waals surface area contributed by atoms with Crippen LogP contribution in [0.25, 0.3) is 0 Å². The topological polar surface area (TPSA) is 66.3 Å². The molecule has 184 valence electrons. The van der Waals surface area contributed by atoms with Gasteiger partial charge in [-0.1, -0.05) is 6.92 Å². The molecule has 0 radical (unpaired) electrons. The molecule has 1 saturated heterocycles. The molecule has 3 aliphatic rings. The fourth-order valence-corrected chi connectivity index (χ4v) is 5.60. The lowest BCUT2D eigenvalue weighted by molar-refractivity contribution is -0.182. The van der Waals surface area contributed by atoms with E-state index >= 15 is 0 Å². The van der Waals surface area contributed by atoms with Crippen molar-refractivity contribution in [3.8, 4) is 0 Å². The van der Waals surface area contributed by atoms with E-state index in [4.69, 9.17) is 16.6 Å². The largest absolute Gasteiger partial charge is 0.391 e. The molecule has 2 fully saturated rings. The standard InChI is InChI=1S/C23H34ClF3N6/c1-13(2)30-20-5-4-14(3)21-19(12-29-20)32-22(33(21)18-6-7-28-11-18)31-17-9-15(23(25,26)27)8-16(24)10-17/h5,12-18,28,30H,4,6-11H2,1-3H3,(H,31,32). The zero-order chi connectivity index (χ0) is 23.8. The van der Waals surface area contributed by atoms with Gasteiger partial charge in [-0.15, -0.1) is 11.6 Å². The SMILES string of the molecule is CC(C)NC1=CCC(C)c2c(nc(NC3CC(Cl)CC(C(F)(F)F)C3)n2C2CCNC2)C=N1. The van der Waals surface area contributed by atoms with Gasteiger partial charge in [0.25, 0.3) is 0 Å². The number of nitrogens with zero attached hydrogens (tertiary/aromatic N) is 3. The van der Waals surface area contributed by atoms with Gasteiger partial charge in [0.15, 0.2) is 0 Å². The fraction of sp³-hybridized carbons (Fsp3) is 0.739. The summed E-state index contributed by atoms with van der Waals surface area (Å²) in [6.45, 7) is 8.02. The van der Waals surface area contributed by atoms with Gasteiger partial charge in [0.2, 0.25) is 5.95 Å². The highest BCUT2D eigenvalue weighted by Crippen LogP contribution is 2.41. The van der Waals surface area contributed by atoms with Crippen LogP contribution in [0.3, 0.4) is 0 Å². The lowest BCUT2D eigenvalue weighted by Crippen LogP contribution is -2.39. The van der Waals surface area contributed by atoms with E-state index in [0.717, 1.165) is 43.1 Å². The van der Waals surface area contributed by atoms with Gasteiger partial charge in [0.05, 0.1) is 23.9 Å². The van der Waals surface area contributed by atoms with E-state index in [-0.39, 0.29) is 36.9 Å². The van der Waals surface area contributed by atoms with Crippen LogP contribution in [0.15, 0.2) is 16.9 Å². The molecule has 3 N–H and O–H groups in total. The van der Waals surface area contributed by atoms with Gasteiger partial charge in [-0.25, -0.2) is 9.98 Å².